The summed E-state index contributed by atoms with van der Waals surface area (Å²) in [7, 11) is 1.71. The number of nitrogens with two attached hydrogens (primary N) is 1. The Morgan fingerprint density at radius 1 is 1.50 bits per heavy atom. The molecule has 0 rings (SSSR count). The summed E-state index contributed by atoms with van der Waals surface area (Å²) in [6, 6.07) is 0.707. The van der Waals surface area contributed by atoms with Crippen molar-refractivity contribution in [3.63, 3.8) is 0 Å². The van der Waals surface area contributed by atoms with Crippen LogP contribution in [0.3, 0.4) is 0 Å². The molecule has 0 aliphatic rings. The summed E-state index contributed by atoms with van der Waals surface area (Å²) < 4.78 is 5.00. The Bertz CT molecular complexity index is 148. The minimum absolute atomic E-state index is 0.192. The van der Waals surface area contributed by atoms with Gasteiger partial charge in [0.05, 0.1) is 0 Å². The Labute approximate surface area is 87.9 Å². The van der Waals surface area contributed by atoms with E-state index in [1.807, 2.05) is 6.08 Å². The molecule has 1 atom stereocenters. The van der Waals surface area contributed by atoms with Crippen molar-refractivity contribution >= 4 is 0 Å². The maximum Gasteiger partial charge on any atom is 0.0477 e. The van der Waals surface area contributed by atoms with Crippen molar-refractivity contribution in [1.29, 1.82) is 0 Å². The third-order valence-corrected chi connectivity index (χ3v) is 2.26. The van der Waals surface area contributed by atoms with Crippen molar-refractivity contribution < 1.29 is 4.74 Å². The lowest BCUT2D eigenvalue weighted by atomic mass is 10.2. The first kappa shape index (κ1) is 13.6. The molecule has 14 heavy (non-hydrogen) atoms. The summed E-state index contributed by atoms with van der Waals surface area (Å²) in [5.41, 5.74) is 5.97. The fraction of sp³-hybridized carbons (Fsp3) is 0.818. The second-order valence-electron chi connectivity index (χ2n) is 3.88. The number of methoxy groups -OCH3 is 1. The number of hydrogen-bond acceptors (Lipinski definition) is 3. The highest BCUT2D eigenvalue weighted by Crippen LogP contribution is 2.01. The van der Waals surface area contributed by atoms with Crippen molar-refractivity contribution in [2.45, 2.75) is 32.4 Å². The molecule has 0 aromatic heterocycles. The van der Waals surface area contributed by atoms with Gasteiger partial charge in [-0.1, -0.05) is 6.08 Å². The first-order valence-corrected chi connectivity index (χ1v) is 5.21. The van der Waals surface area contributed by atoms with Crippen LogP contribution in [0.4, 0.5) is 0 Å². The Kier molecular flexibility index (Phi) is 7.76. The maximum atomic E-state index is 5.97. The summed E-state index contributed by atoms with van der Waals surface area (Å²) in [6.45, 7) is 10.6. The van der Waals surface area contributed by atoms with Gasteiger partial charge < -0.3 is 10.5 Å². The number of nitrogens with zero attached hydrogens (tertiary/aromatic N) is 1. The standard InChI is InChI=1S/C11H24N2O/c1-5-7-13(10(2)3)9-11(12)6-8-14-4/h5,10-11H,1,6-9,12H2,2-4H3. The highest BCUT2D eigenvalue weighted by atomic mass is 16.5. The molecule has 0 amide bonds. The van der Waals surface area contributed by atoms with Crippen LogP contribution in [0.1, 0.15) is 20.3 Å². The summed E-state index contributed by atoms with van der Waals surface area (Å²) in [4.78, 5) is 2.31. The van der Waals surface area contributed by atoms with Crippen LogP contribution in [-0.2, 0) is 4.74 Å². The van der Waals surface area contributed by atoms with E-state index in [1.165, 1.54) is 0 Å². The lowest BCUT2D eigenvalue weighted by Gasteiger charge is -2.27. The van der Waals surface area contributed by atoms with Crippen molar-refractivity contribution in [1.82, 2.24) is 4.90 Å². The fourth-order valence-corrected chi connectivity index (χ4v) is 1.32. The first-order chi connectivity index (χ1) is 6.61. The van der Waals surface area contributed by atoms with Gasteiger partial charge in [0.1, 0.15) is 0 Å². The van der Waals surface area contributed by atoms with Crippen molar-refractivity contribution in [3.8, 4) is 0 Å². The van der Waals surface area contributed by atoms with Crippen molar-refractivity contribution in [3.05, 3.63) is 12.7 Å². The summed E-state index contributed by atoms with van der Waals surface area (Å²) in [5.74, 6) is 0. The second kappa shape index (κ2) is 7.97. The lowest BCUT2D eigenvalue weighted by Crippen LogP contribution is -2.41. The van der Waals surface area contributed by atoms with Crippen LogP contribution in [0.5, 0.6) is 0 Å². The summed E-state index contributed by atoms with van der Waals surface area (Å²) >= 11 is 0. The third-order valence-electron chi connectivity index (χ3n) is 2.26. The average Bonchev–Trinajstić information content (AvgIpc) is 2.14. The van der Waals surface area contributed by atoms with Gasteiger partial charge in [-0.25, -0.2) is 0 Å². The quantitative estimate of drug-likeness (QED) is 0.599. The van der Waals surface area contributed by atoms with Gasteiger partial charge in [-0.2, -0.15) is 0 Å². The van der Waals surface area contributed by atoms with Gasteiger partial charge in [0.25, 0.3) is 0 Å². The highest BCUT2D eigenvalue weighted by Gasteiger charge is 2.11. The minimum Gasteiger partial charge on any atom is -0.385 e. The molecule has 3 nitrogen and oxygen atoms in total. The van der Waals surface area contributed by atoms with E-state index >= 15 is 0 Å². The molecule has 0 aromatic carbocycles. The minimum atomic E-state index is 0.192. The molecule has 84 valence electrons. The predicted molar refractivity (Wildman–Crippen MR) is 61.4 cm³/mol. The molecule has 0 fully saturated rings. The zero-order valence-corrected chi connectivity index (χ0v) is 9.70. The van der Waals surface area contributed by atoms with E-state index in [-0.39, 0.29) is 6.04 Å². The molecule has 0 saturated carbocycles. The molecule has 3 heteroatoms. The van der Waals surface area contributed by atoms with E-state index in [9.17, 15) is 0 Å². The Balaban J connectivity index is 3.82. The van der Waals surface area contributed by atoms with Gasteiger partial charge in [-0.15, -0.1) is 6.58 Å². The van der Waals surface area contributed by atoms with Crippen LogP contribution in [0.25, 0.3) is 0 Å². The molecule has 0 spiro atoms. The summed E-state index contributed by atoms with van der Waals surface area (Å²) in [6.07, 6.45) is 2.83. The first-order valence-electron chi connectivity index (χ1n) is 5.21. The van der Waals surface area contributed by atoms with Crippen LogP contribution in [0.2, 0.25) is 0 Å². The molecule has 0 radical (unpaired) electrons. The van der Waals surface area contributed by atoms with E-state index in [2.05, 4.69) is 25.3 Å². The molecule has 0 aliphatic heterocycles. The normalized spacial score (nSPS) is 13.6. The van der Waals surface area contributed by atoms with Gasteiger partial charge in [-0.05, 0) is 20.3 Å². The number of ether oxygens (including phenoxy) is 1. The highest BCUT2D eigenvalue weighted by molar-refractivity contribution is 4.78. The topological polar surface area (TPSA) is 38.5 Å². The molecular formula is C11H24N2O. The van der Waals surface area contributed by atoms with E-state index in [4.69, 9.17) is 10.5 Å². The van der Waals surface area contributed by atoms with Crippen molar-refractivity contribution in [2.75, 3.05) is 26.8 Å². The van der Waals surface area contributed by atoms with E-state index < -0.39 is 0 Å². The molecule has 1 unspecified atom stereocenters. The van der Waals surface area contributed by atoms with E-state index in [0.29, 0.717) is 6.04 Å². The SMILES string of the molecule is C=CCN(CC(N)CCOC)C(C)C. The van der Waals surface area contributed by atoms with Crippen LogP contribution >= 0.6 is 0 Å². The zero-order chi connectivity index (χ0) is 11.0. The Hall–Kier alpha value is -0.380. The molecule has 0 aliphatic carbocycles. The molecule has 2 N–H and O–H groups in total. The van der Waals surface area contributed by atoms with Crippen LogP contribution in [0.15, 0.2) is 12.7 Å². The summed E-state index contributed by atoms with van der Waals surface area (Å²) in [5, 5.41) is 0. The van der Waals surface area contributed by atoms with E-state index in [0.717, 1.165) is 26.1 Å². The number of hydrogen-bond donors (Lipinski definition) is 1. The monoisotopic (exact) mass is 200 g/mol. The van der Waals surface area contributed by atoms with E-state index in [1.54, 1.807) is 7.11 Å². The molecule has 0 bridgehead atoms. The Morgan fingerprint density at radius 2 is 2.14 bits per heavy atom. The molecule has 0 saturated heterocycles. The largest absolute Gasteiger partial charge is 0.385 e. The van der Waals surface area contributed by atoms with Crippen LogP contribution < -0.4 is 5.73 Å². The zero-order valence-electron chi connectivity index (χ0n) is 9.70. The van der Waals surface area contributed by atoms with Gasteiger partial charge >= 0.3 is 0 Å². The van der Waals surface area contributed by atoms with Gasteiger partial charge in [0.2, 0.25) is 0 Å². The predicted octanol–water partition coefficient (Wildman–Crippen LogP) is 1.25. The maximum absolute atomic E-state index is 5.97. The fourth-order valence-electron chi connectivity index (χ4n) is 1.32. The van der Waals surface area contributed by atoms with Gasteiger partial charge in [0.15, 0.2) is 0 Å². The van der Waals surface area contributed by atoms with Crippen LogP contribution in [-0.4, -0.2) is 43.8 Å². The lowest BCUT2D eigenvalue weighted by molar-refractivity contribution is 0.169. The third kappa shape index (κ3) is 6.13. The Morgan fingerprint density at radius 3 is 2.57 bits per heavy atom. The smallest absolute Gasteiger partial charge is 0.0477 e. The molecule has 0 aromatic rings. The van der Waals surface area contributed by atoms with Gasteiger partial charge in [-0.3, -0.25) is 4.90 Å². The molecule has 0 heterocycles. The van der Waals surface area contributed by atoms with Gasteiger partial charge in [0, 0.05) is 38.9 Å². The second-order valence-corrected chi connectivity index (χ2v) is 3.88. The van der Waals surface area contributed by atoms with Crippen LogP contribution in [0, 0.1) is 0 Å². The number of rotatable bonds is 8. The average molecular weight is 200 g/mol. The van der Waals surface area contributed by atoms with Crippen molar-refractivity contribution in [2.24, 2.45) is 5.73 Å². The molecular weight excluding hydrogens is 176 g/mol.